The number of anilines is 4. The molecule has 2 fully saturated rings. The molecule has 2 bridgehead atoms. The van der Waals surface area contributed by atoms with Gasteiger partial charge in [-0.25, -0.2) is 9.97 Å². The molecular formula is C39H42N10. The minimum atomic E-state index is 0.875. The molecular weight excluding hydrogens is 608 g/mol. The van der Waals surface area contributed by atoms with E-state index in [1.807, 2.05) is 0 Å². The van der Waals surface area contributed by atoms with Crippen LogP contribution in [-0.2, 0) is 13.1 Å². The van der Waals surface area contributed by atoms with E-state index < -0.39 is 0 Å². The van der Waals surface area contributed by atoms with Crippen LogP contribution in [-0.4, -0.2) is 103 Å². The van der Waals surface area contributed by atoms with Crippen molar-refractivity contribution in [3.63, 3.8) is 0 Å². The number of hydrogen-bond acceptors (Lipinski definition) is 8. The summed E-state index contributed by atoms with van der Waals surface area (Å²) in [5.74, 6) is 1.86. The first-order valence-electron chi connectivity index (χ1n) is 17.6. The monoisotopic (exact) mass is 650 g/mol. The maximum atomic E-state index is 5.00. The van der Waals surface area contributed by atoms with Crippen LogP contribution in [0.15, 0.2) is 72.8 Å². The minimum absolute atomic E-state index is 0.875. The van der Waals surface area contributed by atoms with Crippen LogP contribution in [0, 0.1) is 0 Å². The summed E-state index contributed by atoms with van der Waals surface area (Å²) in [5, 5.41) is 0. The molecule has 10 rings (SSSR count). The molecule has 2 saturated heterocycles. The number of aromatic amines is 2. The minimum Gasteiger partial charge on any atom is -0.369 e. The molecule has 2 N–H and O–H groups in total. The molecule has 2 aromatic heterocycles. The Kier molecular flexibility index (Phi) is 6.64. The van der Waals surface area contributed by atoms with Crippen LogP contribution < -0.4 is 19.6 Å². The van der Waals surface area contributed by atoms with E-state index in [2.05, 4.69) is 126 Å². The Hall–Kier alpha value is -5.06. The van der Waals surface area contributed by atoms with Gasteiger partial charge in [-0.2, -0.15) is 0 Å². The zero-order valence-corrected chi connectivity index (χ0v) is 28.3. The lowest BCUT2D eigenvalue weighted by Gasteiger charge is -2.45. The number of piperazine rings is 2. The van der Waals surface area contributed by atoms with Gasteiger partial charge in [-0.1, -0.05) is 0 Å². The second-order valence-electron chi connectivity index (χ2n) is 14.4. The van der Waals surface area contributed by atoms with Gasteiger partial charge in [-0.15, -0.1) is 0 Å². The highest BCUT2D eigenvalue weighted by Crippen LogP contribution is 2.41. The third kappa shape index (κ3) is 5.09. The number of rotatable bonds is 4. The van der Waals surface area contributed by atoms with E-state index >= 15 is 0 Å². The van der Waals surface area contributed by atoms with Crippen molar-refractivity contribution in [2.45, 2.75) is 13.1 Å². The van der Waals surface area contributed by atoms with Gasteiger partial charge in [0.1, 0.15) is 11.6 Å². The maximum absolute atomic E-state index is 5.00. The van der Waals surface area contributed by atoms with Crippen LogP contribution in [0.5, 0.6) is 0 Å². The maximum Gasteiger partial charge on any atom is 0.138 e. The Bertz CT molecular complexity index is 2050. The average molecular weight is 651 g/mol. The van der Waals surface area contributed by atoms with Gasteiger partial charge in [0.15, 0.2) is 0 Å². The van der Waals surface area contributed by atoms with Gasteiger partial charge in [0.25, 0.3) is 0 Å². The van der Waals surface area contributed by atoms with Crippen molar-refractivity contribution in [3.8, 4) is 22.8 Å². The fourth-order valence-corrected chi connectivity index (χ4v) is 8.17. The molecule has 6 heterocycles. The van der Waals surface area contributed by atoms with Crippen molar-refractivity contribution in [2.24, 2.45) is 0 Å². The first-order valence-corrected chi connectivity index (χ1v) is 17.6. The Labute approximate surface area is 286 Å². The summed E-state index contributed by atoms with van der Waals surface area (Å²) in [6, 6.07) is 27.0. The molecule has 0 amide bonds. The Morgan fingerprint density at radius 1 is 0.490 bits per heavy atom. The van der Waals surface area contributed by atoms with Gasteiger partial charge in [0, 0.05) is 99.3 Å². The van der Waals surface area contributed by atoms with Crippen molar-refractivity contribution < 1.29 is 0 Å². The first kappa shape index (κ1) is 28.9. The predicted molar refractivity (Wildman–Crippen MR) is 200 cm³/mol. The van der Waals surface area contributed by atoms with Crippen LogP contribution in [0.3, 0.4) is 0 Å². The van der Waals surface area contributed by atoms with Crippen molar-refractivity contribution in [1.29, 1.82) is 0 Å². The molecule has 0 aliphatic carbocycles. The van der Waals surface area contributed by atoms with Gasteiger partial charge < -0.3 is 39.4 Å². The molecule has 0 saturated carbocycles. The number of fused-ring (bicyclic) bond motifs is 8. The molecule has 0 spiro atoms. The molecule has 4 aliphatic rings. The SMILES string of the molecule is CN1CCN(c2ccc3nc(-c4ccc5c(c4)CN4CN5Cc5cc(-c6nc7ccc(N8CCN(C)CC8)cc7[nH]6)ccc54)[nH]c3c2)CC1. The lowest BCUT2D eigenvalue weighted by molar-refractivity contribution is 0.313. The fraction of sp³-hybridized carbons (Fsp3) is 0.333. The Morgan fingerprint density at radius 3 is 1.39 bits per heavy atom. The highest BCUT2D eigenvalue weighted by Gasteiger charge is 2.30. The van der Waals surface area contributed by atoms with E-state index in [1.165, 1.54) is 33.9 Å². The summed E-state index contributed by atoms with van der Waals surface area (Å²) in [6.07, 6.45) is 0. The van der Waals surface area contributed by atoms with Gasteiger partial charge in [-0.05, 0) is 98.0 Å². The molecule has 4 aliphatic heterocycles. The predicted octanol–water partition coefficient (Wildman–Crippen LogP) is 5.57. The second-order valence-corrected chi connectivity index (χ2v) is 14.4. The molecule has 49 heavy (non-hydrogen) atoms. The van der Waals surface area contributed by atoms with Crippen molar-refractivity contribution >= 4 is 44.8 Å². The van der Waals surface area contributed by atoms with Crippen LogP contribution >= 0.6 is 0 Å². The van der Waals surface area contributed by atoms with E-state index in [-0.39, 0.29) is 0 Å². The summed E-state index contributed by atoms with van der Waals surface area (Å²) in [5.41, 5.74) is 14.3. The van der Waals surface area contributed by atoms with Crippen LogP contribution in [0.4, 0.5) is 22.7 Å². The molecule has 0 atom stereocenters. The van der Waals surface area contributed by atoms with Crippen LogP contribution in [0.1, 0.15) is 11.1 Å². The second kappa shape index (κ2) is 11.2. The molecule has 4 aromatic carbocycles. The zero-order chi connectivity index (χ0) is 32.6. The zero-order valence-electron chi connectivity index (χ0n) is 28.3. The Morgan fingerprint density at radius 2 is 0.939 bits per heavy atom. The van der Waals surface area contributed by atoms with Gasteiger partial charge in [0.05, 0.1) is 28.7 Å². The third-order valence-electron chi connectivity index (χ3n) is 11.1. The van der Waals surface area contributed by atoms with Crippen LogP contribution in [0.25, 0.3) is 44.8 Å². The highest BCUT2D eigenvalue weighted by molar-refractivity contribution is 5.85. The normalized spacial score (nSPS) is 18.4. The van der Waals surface area contributed by atoms with E-state index in [0.717, 1.165) is 117 Å². The summed E-state index contributed by atoms with van der Waals surface area (Å²) in [7, 11) is 4.40. The van der Waals surface area contributed by atoms with Gasteiger partial charge in [0.2, 0.25) is 0 Å². The quantitative estimate of drug-likeness (QED) is 0.257. The van der Waals surface area contributed by atoms with Crippen LogP contribution in [0.2, 0.25) is 0 Å². The molecule has 6 aromatic rings. The van der Waals surface area contributed by atoms with Crippen molar-refractivity contribution in [2.75, 3.05) is 92.7 Å². The number of aromatic nitrogens is 4. The standard InChI is InChI=1S/C39H42N10/c1-44-11-15-46(16-12-44)30-5-7-32-34(21-30)42-38(40-32)26-3-9-36-28(19-26)23-48-25-49(36)24-29-20-27(4-10-37(29)48)39-41-33-8-6-31(22-35(33)43-39)47-17-13-45(2)14-18-47/h3-10,19-22H,11-18,23-25H2,1-2H3,(H,40,42)(H,41,43). The van der Waals surface area contributed by atoms with E-state index in [0.29, 0.717) is 0 Å². The van der Waals surface area contributed by atoms with Gasteiger partial charge >= 0.3 is 0 Å². The van der Waals surface area contributed by atoms with E-state index in [4.69, 9.17) is 9.97 Å². The molecule has 0 radical (unpaired) electrons. The number of H-pyrrole nitrogens is 2. The van der Waals surface area contributed by atoms with Crippen molar-refractivity contribution in [3.05, 3.63) is 83.9 Å². The summed E-state index contributed by atoms with van der Waals surface area (Å²) in [6.45, 7) is 11.3. The topological polar surface area (TPSA) is 76.8 Å². The molecule has 10 nitrogen and oxygen atoms in total. The molecule has 0 unspecified atom stereocenters. The number of likely N-dealkylation sites (N-methyl/N-ethyl adjacent to an activating group) is 2. The summed E-state index contributed by atoms with van der Waals surface area (Å²) >= 11 is 0. The summed E-state index contributed by atoms with van der Waals surface area (Å²) < 4.78 is 0. The van der Waals surface area contributed by atoms with Gasteiger partial charge in [-0.3, -0.25) is 0 Å². The first-order chi connectivity index (χ1) is 24.0. The molecule has 10 heteroatoms. The Balaban J connectivity index is 0.893. The van der Waals surface area contributed by atoms with Crippen molar-refractivity contribution in [1.82, 2.24) is 29.7 Å². The smallest absolute Gasteiger partial charge is 0.138 e. The molecule has 248 valence electrons. The van der Waals surface area contributed by atoms with E-state index in [9.17, 15) is 0 Å². The number of nitrogens with zero attached hydrogens (tertiary/aromatic N) is 8. The number of imidazole rings is 2. The number of hydrogen-bond donors (Lipinski definition) is 2. The number of benzene rings is 4. The average Bonchev–Trinajstić information content (AvgIpc) is 3.76. The number of nitrogens with one attached hydrogen (secondary N) is 2. The highest BCUT2D eigenvalue weighted by atomic mass is 15.4. The fourth-order valence-electron chi connectivity index (χ4n) is 8.17. The summed E-state index contributed by atoms with van der Waals surface area (Å²) in [4.78, 5) is 32.0. The lowest BCUT2D eigenvalue weighted by Crippen LogP contribution is -2.46. The lowest BCUT2D eigenvalue weighted by atomic mass is 9.98. The third-order valence-corrected chi connectivity index (χ3v) is 11.1. The van der Waals surface area contributed by atoms with E-state index in [1.54, 1.807) is 0 Å². The largest absolute Gasteiger partial charge is 0.369 e.